The number of hydrogen-bond acceptors (Lipinski definition) is 2. The molecule has 1 aromatic heterocycles. The summed E-state index contributed by atoms with van der Waals surface area (Å²) in [6.45, 7) is 3.06. The van der Waals surface area contributed by atoms with Gasteiger partial charge in [0.2, 0.25) is 0 Å². The summed E-state index contributed by atoms with van der Waals surface area (Å²) in [5, 5.41) is 0. The molecule has 2 nitrogen and oxygen atoms in total. The predicted octanol–water partition coefficient (Wildman–Crippen LogP) is 1.85. The SMILES string of the molecule is CCn1ccnc1C=CCS. The largest absolute Gasteiger partial charge is 0.332 e. The van der Waals surface area contributed by atoms with Gasteiger partial charge in [-0.05, 0) is 13.0 Å². The van der Waals surface area contributed by atoms with Gasteiger partial charge in [0, 0.05) is 24.7 Å². The fourth-order valence-electron chi connectivity index (χ4n) is 0.905. The molecule has 1 heterocycles. The number of aryl methyl sites for hydroxylation is 1. The van der Waals surface area contributed by atoms with E-state index >= 15 is 0 Å². The molecule has 1 rings (SSSR count). The van der Waals surface area contributed by atoms with Crippen molar-refractivity contribution in [2.75, 3.05) is 5.75 Å². The van der Waals surface area contributed by atoms with E-state index in [2.05, 4.69) is 29.1 Å². The first-order valence-corrected chi connectivity index (χ1v) is 4.30. The Morgan fingerprint density at radius 1 is 1.73 bits per heavy atom. The third kappa shape index (κ3) is 2.12. The van der Waals surface area contributed by atoms with Gasteiger partial charge in [0.15, 0.2) is 0 Å². The Balaban J connectivity index is 2.76. The van der Waals surface area contributed by atoms with Gasteiger partial charge in [-0.25, -0.2) is 4.98 Å². The first-order valence-electron chi connectivity index (χ1n) is 3.67. The van der Waals surface area contributed by atoms with Gasteiger partial charge in [-0.15, -0.1) is 0 Å². The molecule has 0 amide bonds. The monoisotopic (exact) mass is 168 g/mol. The molecule has 0 spiro atoms. The van der Waals surface area contributed by atoms with Gasteiger partial charge in [-0.2, -0.15) is 12.6 Å². The molecule has 0 aliphatic heterocycles. The van der Waals surface area contributed by atoms with Gasteiger partial charge in [-0.3, -0.25) is 0 Å². The zero-order valence-electron chi connectivity index (χ0n) is 6.57. The van der Waals surface area contributed by atoms with E-state index in [1.165, 1.54) is 0 Å². The van der Waals surface area contributed by atoms with Crippen molar-refractivity contribution in [3.63, 3.8) is 0 Å². The van der Waals surface area contributed by atoms with Gasteiger partial charge in [0.25, 0.3) is 0 Å². The molecule has 0 N–H and O–H groups in total. The van der Waals surface area contributed by atoms with E-state index in [4.69, 9.17) is 0 Å². The highest BCUT2D eigenvalue weighted by Gasteiger charge is 1.93. The van der Waals surface area contributed by atoms with Crippen LogP contribution in [0.25, 0.3) is 6.08 Å². The van der Waals surface area contributed by atoms with E-state index < -0.39 is 0 Å². The number of nitrogens with zero attached hydrogens (tertiary/aromatic N) is 2. The summed E-state index contributed by atoms with van der Waals surface area (Å²) >= 11 is 4.07. The molecule has 0 radical (unpaired) electrons. The predicted molar refractivity (Wildman–Crippen MR) is 50.8 cm³/mol. The van der Waals surface area contributed by atoms with Crippen LogP contribution in [0.15, 0.2) is 18.5 Å². The third-order valence-corrected chi connectivity index (χ3v) is 1.67. The Hall–Kier alpha value is -0.700. The molecule has 0 aliphatic rings. The van der Waals surface area contributed by atoms with Crippen LogP contribution in [0.2, 0.25) is 0 Å². The van der Waals surface area contributed by atoms with Crippen molar-refractivity contribution in [3.05, 3.63) is 24.3 Å². The molecule has 0 bridgehead atoms. The summed E-state index contributed by atoms with van der Waals surface area (Å²) in [4.78, 5) is 4.17. The molecule has 0 aromatic carbocycles. The number of rotatable bonds is 3. The minimum atomic E-state index is 0.760. The molecule has 0 saturated carbocycles. The van der Waals surface area contributed by atoms with Crippen LogP contribution >= 0.6 is 12.6 Å². The van der Waals surface area contributed by atoms with E-state index in [1.807, 2.05) is 24.5 Å². The molecule has 1 aromatic rings. The van der Waals surface area contributed by atoms with Gasteiger partial charge < -0.3 is 4.57 Å². The number of thiol groups is 1. The molecule has 0 saturated heterocycles. The van der Waals surface area contributed by atoms with Gasteiger partial charge in [0.05, 0.1) is 0 Å². The van der Waals surface area contributed by atoms with Crippen LogP contribution in [0.1, 0.15) is 12.7 Å². The van der Waals surface area contributed by atoms with E-state index in [0.717, 1.165) is 18.1 Å². The van der Waals surface area contributed by atoms with Crippen molar-refractivity contribution in [2.24, 2.45) is 0 Å². The summed E-state index contributed by atoms with van der Waals surface area (Å²) < 4.78 is 2.08. The summed E-state index contributed by atoms with van der Waals surface area (Å²) in [6.07, 6.45) is 7.74. The summed E-state index contributed by atoms with van der Waals surface area (Å²) in [5.41, 5.74) is 0. The Morgan fingerprint density at radius 3 is 3.18 bits per heavy atom. The molecule has 0 fully saturated rings. The molecule has 0 atom stereocenters. The lowest BCUT2D eigenvalue weighted by Crippen LogP contribution is -1.94. The maximum atomic E-state index is 4.17. The lowest BCUT2D eigenvalue weighted by atomic mass is 10.5. The number of hydrogen-bond donors (Lipinski definition) is 1. The standard InChI is InChI=1S/C8H12N2S/c1-2-10-6-5-9-8(10)4-3-7-11/h3-6,11H,2,7H2,1H3. The van der Waals surface area contributed by atoms with Gasteiger partial charge in [-0.1, -0.05) is 6.08 Å². The smallest absolute Gasteiger partial charge is 0.132 e. The number of imidazole rings is 1. The molecule has 3 heteroatoms. The molecular formula is C8H12N2S. The average molecular weight is 168 g/mol. The third-order valence-electron chi connectivity index (χ3n) is 1.46. The number of aromatic nitrogens is 2. The maximum absolute atomic E-state index is 4.17. The molecule has 0 unspecified atom stereocenters. The quantitative estimate of drug-likeness (QED) is 0.682. The molecule has 60 valence electrons. The molecule has 11 heavy (non-hydrogen) atoms. The van der Waals surface area contributed by atoms with Gasteiger partial charge in [0.1, 0.15) is 5.82 Å². The Bertz CT molecular complexity index is 240. The van der Waals surface area contributed by atoms with Crippen molar-refractivity contribution in [3.8, 4) is 0 Å². The highest BCUT2D eigenvalue weighted by molar-refractivity contribution is 7.80. The van der Waals surface area contributed by atoms with Crippen LogP contribution in [0.3, 0.4) is 0 Å². The van der Waals surface area contributed by atoms with Crippen molar-refractivity contribution in [1.82, 2.24) is 9.55 Å². The van der Waals surface area contributed by atoms with Crippen LogP contribution < -0.4 is 0 Å². The zero-order valence-corrected chi connectivity index (χ0v) is 7.46. The normalized spacial score (nSPS) is 11.1. The van der Waals surface area contributed by atoms with Crippen LogP contribution in [-0.2, 0) is 6.54 Å². The Kier molecular flexibility index (Phi) is 3.23. The molecule has 0 aliphatic carbocycles. The van der Waals surface area contributed by atoms with Crippen LogP contribution in [0.5, 0.6) is 0 Å². The van der Waals surface area contributed by atoms with Crippen molar-refractivity contribution >= 4 is 18.7 Å². The van der Waals surface area contributed by atoms with Crippen LogP contribution in [0, 0.1) is 0 Å². The summed E-state index contributed by atoms with van der Waals surface area (Å²) in [6, 6.07) is 0. The second-order valence-corrected chi connectivity index (χ2v) is 2.52. The highest BCUT2D eigenvalue weighted by atomic mass is 32.1. The van der Waals surface area contributed by atoms with Crippen LogP contribution in [-0.4, -0.2) is 15.3 Å². The van der Waals surface area contributed by atoms with Crippen LogP contribution in [0.4, 0.5) is 0 Å². The first-order chi connectivity index (χ1) is 5.38. The topological polar surface area (TPSA) is 17.8 Å². The second-order valence-electron chi connectivity index (χ2n) is 2.16. The Labute approximate surface area is 72.4 Å². The Morgan fingerprint density at radius 2 is 2.55 bits per heavy atom. The van der Waals surface area contributed by atoms with E-state index in [0.29, 0.717) is 0 Å². The van der Waals surface area contributed by atoms with Gasteiger partial charge >= 0.3 is 0 Å². The minimum absolute atomic E-state index is 0.760. The van der Waals surface area contributed by atoms with E-state index in [-0.39, 0.29) is 0 Å². The maximum Gasteiger partial charge on any atom is 0.132 e. The minimum Gasteiger partial charge on any atom is -0.332 e. The lowest BCUT2D eigenvalue weighted by Gasteiger charge is -1.97. The summed E-state index contributed by atoms with van der Waals surface area (Å²) in [7, 11) is 0. The van der Waals surface area contributed by atoms with Crippen molar-refractivity contribution in [1.29, 1.82) is 0 Å². The first kappa shape index (κ1) is 8.40. The molecular weight excluding hydrogens is 156 g/mol. The van der Waals surface area contributed by atoms with Crippen molar-refractivity contribution in [2.45, 2.75) is 13.5 Å². The second kappa shape index (κ2) is 4.23. The summed E-state index contributed by atoms with van der Waals surface area (Å²) in [5.74, 6) is 1.76. The van der Waals surface area contributed by atoms with E-state index in [1.54, 1.807) is 0 Å². The van der Waals surface area contributed by atoms with Crippen molar-refractivity contribution < 1.29 is 0 Å². The highest BCUT2D eigenvalue weighted by Crippen LogP contribution is 1.99. The zero-order chi connectivity index (χ0) is 8.10. The fraction of sp³-hybridized carbons (Fsp3) is 0.375. The fourth-order valence-corrected chi connectivity index (χ4v) is 1.01. The lowest BCUT2D eigenvalue weighted by molar-refractivity contribution is 0.752. The van der Waals surface area contributed by atoms with E-state index in [9.17, 15) is 0 Å². The average Bonchev–Trinajstić information content (AvgIpc) is 2.47.